The summed E-state index contributed by atoms with van der Waals surface area (Å²) in [5, 5.41) is 3.45. The molecule has 0 aliphatic rings. The number of carbonyl (C=O) groups is 3. The quantitative estimate of drug-likeness (QED) is 0.346. The molecule has 0 unspecified atom stereocenters. The molecule has 0 fully saturated rings. The van der Waals surface area contributed by atoms with Gasteiger partial charge in [-0.25, -0.2) is 9.97 Å². The average Bonchev–Trinajstić information content (AvgIpc) is 2.78. The number of nitrogen functional groups attached to an aromatic ring is 1. The second kappa shape index (κ2) is 13.1. The third-order valence-corrected chi connectivity index (χ3v) is 4.88. The topological polar surface area (TPSA) is 146 Å². The van der Waals surface area contributed by atoms with E-state index in [0.29, 0.717) is 28.9 Å². The lowest BCUT2D eigenvalue weighted by Crippen LogP contribution is -2.36. The zero-order valence-electron chi connectivity index (χ0n) is 19.9. The maximum Gasteiger partial charge on any atom is 0.307 e. The molecule has 0 bridgehead atoms. The van der Waals surface area contributed by atoms with Gasteiger partial charge in [0.1, 0.15) is 5.75 Å². The van der Waals surface area contributed by atoms with Gasteiger partial charge in [-0.05, 0) is 27.0 Å². The summed E-state index contributed by atoms with van der Waals surface area (Å²) in [6, 6.07) is 2.93. The van der Waals surface area contributed by atoms with Gasteiger partial charge in [-0.15, -0.1) is 0 Å². The number of aromatic nitrogens is 2. The van der Waals surface area contributed by atoms with Crippen molar-refractivity contribution in [3.8, 4) is 5.75 Å². The van der Waals surface area contributed by atoms with Crippen LogP contribution in [0.2, 0.25) is 0 Å². The Balaban J connectivity index is 2.04. The number of anilines is 2. The minimum absolute atomic E-state index is 0.0318. The predicted molar refractivity (Wildman–Crippen MR) is 127 cm³/mol. The van der Waals surface area contributed by atoms with E-state index in [4.69, 9.17) is 19.9 Å². The van der Waals surface area contributed by atoms with E-state index in [0.717, 1.165) is 0 Å². The lowest BCUT2D eigenvalue weighted by molar-refractivity contribution is -0.147. The lowest BCUT2D eigenvalue weighted by atomic mass is 10.1. The molecule has 0 aliphatic carbocycles. The summed E-state index contributed by atoms with van der Waals surface area (Å²) in [4.78, 5) is 46.3. The molecule has 0 spiro atoms. The van der Waals surface area contributed by atoms with E-state index < -0.39 is 18.0 Å². The highest BCUT2D eigenvalue weighted by Gasteiger charge is 2.22. The smallest absolute Gasteiger partial charge is 0.307 e. The van der Waals surface area contributed by atoms with E-state index in [9.17, 15) is 14.4 Å². The van der Waals surface area contributed by atoms with Crippen LogP contribution in [0.15, 0.2) is 30.5 Å². The van der Waals surface area contributed by atoms with Crippen LogP contribution in [0.25, 0.3) is 10.9 Å². The monoisotopic (exact) mass is 473 g/mol. The first-order chi connectivity index (χ1) is 16.3. The largest absolute Gasteiger partial charge is 0.494 e. The number of hydrogen-bond donors (Lipinski definition) is 2. The van der Waals surface area contributed by atoms with Gasteiger partial charge >= 0.3 is 11.9 Å². The normalized spacial score (nSPS) is 11.2. The number of nitrogens with zero attached hydrogens (tertiary/aromatic N) is 3. The number of rotatable bonds is 12. The van der Waals surface area contributed by atoms with E-state index >= 15 is 0 Å². The summed E-state index contributed by atoms with van der Waals surface area (Å²) >= 11 is 0. The molecular weight excluding hydrogens is 442 g/mol. The minimum atomic E-state index is -0.432. The van der Waals surface area contributed by atoms with Crippen LogP contribution in [-0.4, -0.2) is 72.7 Å². The van der Waals surface area contributed by atoms with Crippen LogP contribution in [0.1, 0.15) is 26.7 Å². The highest BCUT2D eigenvalue weighted by atomic mass is 16.5. The number of esters is 2. The summed E-state index contributed by atoms with van der Waals surface area (Å²) in [5.41, 5.74) is 6.66. The highest BCUT2D eigenvalue weighted by Crippen LogP contribution is 2.29. The van der Waals surface area contributed by atoms with Crippen molar-refractivity contribution in [2.75, 3.05) is 45.0 Å². The van der Waals surface area contributed by atoms with Crippen molar-refractivity contribution in [2.24, 2.45) is 0 Å². The zero-order chi connectivity index (χ0) is 25.1. The summed E-state index contributed by atoms with van der Waals surface area (Å²) in [7, 11) is 3.24. The summed E-state index contributed by atoms with van der Waals surface area (Å²) < 4.78 is 15.4. The number of methoxy groups -OCH3 is 1. The molecule has 11 heteroatoms. The van der Waals surface area contributed by atoms with Crippen molar-refractivity contribution in [1.82, 2.24) is 14.9 Å². The second-order valence-electron chi connectivity index (χ2n) is 7.34. The van der Waals surface area contributed by atoms with Gasteiger partial charge in [-0.2, -0.15) is 0 Å². The average molecular weight is 474 g/mol. The Bertz CT molecular complexity index is 1020. The summed E-state index contributed by atoms with van der Waals surface area (Å²) in [6.45, 7) is 4.27. The minimum Gasteiger partial charge on any atom is -0.494 e. The van der Waals surface area contributed by atoms with Crippen LogP contribution in [0, 0.1) is 0 Å². The van der Waals surface area contributed by atoms with E-state index in [-0.39, 0.29) is 37.9 Å². The Morgan fingerprint density at radius 2 is 1.79 bits per heavy atom. The molecule has 0 aliphatic heterocycles. The van der Waals surface area contributed by atoms with E-state index in [1.165, 1.54) is 13.2 Å². The Morgan fingerprint density at radius 1 is 1.15 bits per heavy atom. The number of likely N-dealkylation sites (N-methyl/N-ethyl adjacent to an activating group) is 1. The van der Waals surface area contributed by atoms with E-state index in [2.05, 4.69) is 15.3 Å². The number of carbonyl (C=O) groups excluding carboxylic acids is 3. The fourth-order valence-electron chi connectivity index (χ4n) is 3.20. The van der Waals surface area contributed by atoms with Crippen LogP contribution in [0.5, 0.6) is 5.75 Å². The molecule has 1 aromatic carbocycles. The first kappa shape index (κ1) is 26.5. The van der Waals surface area contributed by atoms with Crippen molar-refractivity contribution in [3.63, 3.8) is 0 Å². The maximum atomic E-state index is 12.5. The van der Waals surface area contributed by atoms with Crippen molar-refractivity contribution in [3.05, 3.63) is 30.5 Å². The molecule has 0 radical (unpaired) electrons. The van der Waals surface area contributed by atoms with Crippen molar-refractivity contribution in [1.29, 1.82) is 0 Å². The maximum absolute atomic E-state index is 12.5. The molecular formula is C23H31N5O6. The third kappa shape index (κ3) is 8.00. The third-order valence-electron chi connectivity index (χ3n) is 4.88. The van der Waals surface area contributed by atoms with Gasteiger partial charge in [0, 0.05) is 36.3 Å². The molecule has 2 rings (SSSR count). The number of benzene rings is 1. The molecule has 0 atom stereocenters. The lowest BCUT2D eigenvalue weighted by Gasteiger charge is -2.25. The van der Waals surface area contributed by atoms with Gasteiger partial charge < -0.3 is 25.3 Å². The van der Waals surface area contributed by atoms with Crippen molar-refractivity contribution >= 4 is 40.4 Å². The molecule has 1 heterocycles. The standard InChI is InChI=1S/C23H31N5O6/c1-5-33-21(30)11-16(12-22(31)34-6-2)28(3)9-7-8-20(29)26-18-10-15-14-25-23(24)27-17(15)13-19(18)32-4/h7-8,10,13-14,16H,5-6,9,11-12H2,1-4H3,(H,26,29)(H2,24,25,27). The molecule has 184 valence electrons. The number of ether oxygens (including phenoxy) is 3. The zero-order valence-corrected chi connectivity index (χ0v) is 19.9. The highest BCUT2D eigenvalue weighted by molar-refractivity contribution is 6.02. The molecule has 3 N–H and O–H groups in total. The van der Waals surface area contributed by atoms with Gasteiger partial charge in [-0.1, -0.05) is 6.08 Å². The molecule has 0 saturated carbocycles. The van der Waals surface area contributed by atoms with Gasteiger partial charge in [-0.3, -0.25) is 19.3 Å². The van der Waals surface area contributed by atoms with Crippen molar-refractivity contribution < 1.29 is 28.6 Å². The van der Waals surface area contributed by atoms with Crippen LogP contribution < -0.4 is 15.8 Å². The Labute approximate surface area is 198 Å². The number of fused-ring (bicyclic) bond motifs is 1. The molecule has 11 nitrogen and oxygen atoms in total. The van der Waals surface area contributed by atoms with Crippen molar-refractivity contribution in [2.45, 2.75) is 32.7 Å². The van der Waals surface area contributed by atoms with Gasteiger partial charge in [0.15, 0.2) is 0 Å². The SMILES string of the molecule is CCOC(=O)CC(CC(=O)OCC)N(C)CC=CC(=O)Nc1cc2cnc(N)nc2cc1OC. The fraction of sp³-hybridized carbons (Fsp3) is 0.435. The Hall–Kier alpha value is -3.73. The molecule has 0 saturated heterocycles. The van der Waals surface area contributed by atoms with Crippen LogP contribution in [0.3, 0.4) is 0 Å². The predicted octanol–water partition coefficient (Wildman–Crippen LogP) is 1.92. The Kier molecular flexibility index (Phi) is 10.2. The van der Waals surface area contributed by atoms with Crippen LogP contribution >= 0.6 is 0 Å². The van der Waals surface area contributed by atoms with Crippen LogP contribution in [0.4, 0.5) is 11.6 Å². The fourth-order valence-corrected chi connectivity index (χ4v) is 3.20. The summed E-state index contributed by atoms with van der Waals surface area (Å²) in [6.07, 6.45) is 4.63. The van der Waals surface area contributed by atoms with E-state index in [1.54, 1.807) is 50.2 Å². The number of amides is 1. The molecule has 1 amide bonds. The molecule has 1 aromatic heterocycles. The molecule has 34 heavy (non-hydrogen) atoms. The molecule has 2 aromatic rings. The van der Waals surface area contributed by atoms with E-state index in [1.807, 2.05) is 0 Å². The Morgan fingerprint density at radius 3 is 2.38 bits per heavy atom. The summed E-state index contributed by atoms with van der Waals surface area (Å²) in [5.74, 6) is -0.621. The number of hydrogen-bond acceptors (Lipinski definition) is 10. The van der Waals surface area contributed by atoms with Gasteiger partial charge in [0.05, 0.1) is 44.4 Å². The first-order valence-corrected chi connectivity index (χ1v) is 10.9. The van der Waals surface area contributed by atoms with Crippen LogP contribution in [-0.2, 0) is 23.9 Å². The second-order valence-corrected chi connectivity index (χ2v) is 7.34. The number of nitrogens with two attached hydrogens (primary N) is 1. The number of nitrogens with one attached hydrogen (secondary N) is 1. The van der Waals surface area contributed by atoms with Gasteiger partial charge in [0.25, 0.3) is 0 Å². The van der Waals surface area contributed by atoms with Gasteiger partial charge in [0.2, 0.25) is 11.9 Å². The first-order valence-electron chi connectivity index (χ1n) is 10.9.